The summed E-state index contributed by atoms with van der Waals surface area (Å²) in [6.07, 6.45) is 0. The lowest BCUT2D eigenvalue weighted by atomic mass is 9.97. The van der Waals surface area contributed by atoms with Crippen LogP contribution in [0.25, 0.3) is 104 Å². The van der Waals surface area contributed by atoms with Crippen LogP contribution < -0.4 is 4.90 Å². The van der Waals surface area contributed by atoms with E-state index in [-0.39, 0.29) is 35.4 Å². The predicted octanol–water partition coefficient (Wildman–Crippen LogP) is 17.5. The van der Waals surface area contributed by atoms with Gasteiger partial charge in [0, 0.05) is 38.6 Å². The Hall–Kier alpha value is -8.66. The second kappa shape index (κ2) is 15.0. The molecule has 3 heteroatoms. The molecule has 0 fully saturated rings. The van der Waals surface area contributed by atoms with E-state index in [1.165, 1.54) is 10.8 Å². The van der Waals surface area contributed by atoms with Crippen molar-refractivity contribution >= 4 is 82.4 Å². The van der Waals surface area contributed by atoms with E-state index in [9.17, 15) is 5.48 Å². The Labute approximate surface area is 381 Å². The van der Waals surface area contributed by atoms with Crippen LogP contribution in [0.15, 0.2) is 247 Å². The van der Waals surface area contributed by atoms with Gasteiger partial charge < -0.3 is 13.9 Å². The second-order valence-electron chi connectivity index (χ2n) is 16.6. The number of nitrogens with zero attached hydrogens (tertiary/aromatic N) is 2. The molecule has 0 saturated carbocycles. The molecule has 0 radical (unpaired) electrons. The van der Waals surface area contributed by atoms with Crippen molar-refractivity contribution in [1.82, 2.24) is 4.57 Å². The van der Waals surface area contributed by atoms with Crippen LogP contribution in [0.5, 0.6) is 0 Å². The largest absolute Gasteiger partial charge is 0.455 e. The molecule has 0 amide bonds. The van der Waals surface area contributed by atoms with Gasteiger partial charge in [0.05, 0.1) is 27.6 Å². The molecule has 0 atom stereocenters. The molecule has 0 aliphatic heterocycles. The van der Waals surface area contributed by atoms with Crippen molar-refractivity contribution in [2.75, 3.05) is 4.90 Å². The standard InChI is InChI=1S/C62H40N2O/c1-2-18-49(19-3-1)64-56-23-9-8-21-54(56)60-52(22-11-24-57(60)64)44-31-36-51(37-32-44)63(58-25-12-26-59-61(58)55-38-33-43-14-6-7-20-53(43)62(55)65-59)50-34-29-42(30-35-50)46-16-10-17-47(39-46)48-28-27-41-13-4-5-15-45(41)40-48/h1-40H/i31D,32D,36D,37D. The van der Waals surface area contributed by atoms with Crippen molar-refractivity contribution in [2.24, 2.45) is 0 Å². The Morgan fingerprint density at radius 1 is 0.385 bits per heavy atom. The average molecular weight is 833 g/mol. The van der Waals surface area contributed by atoms with Gasteiger partial charge in [0.2, 0.25) is 0 Å². The summed E-state index contributed by atoms with van der Waals surface area (Å²) < 4.78 is 48.6. The van der Waals surface area contributed by atoms with Gasteiger partial charge >= 0.3 is 0 Å². The lowest BCUT2D eigenvalue weighted by molar-refractivity contribution is 0.672. The SMILES string of the molecule is [2H]c1c([2H])c(N(c2ccc(-c3cccc(-c4ccc5ccccc5c4)c3)cc2)c2cccc3oc4c5ccccc5ccc4c23)c([2H])c([2H])c1-c1cccc2c1c1ccccc1n2-c1ccccc1. The molecule has 0 bridgehead atoms. The number of para-hydroxylation sites is 2. The monoisotopic (exact) mass is 832 g/mol. The van der Waals surface area contributed by atoms with Gasteiger partial charge in [-0.3, -0.25) is 0 Å². The summed E-state index contributed by atoms with van der Waals surface area (Å²) in [5.41, 5.74) is 11.0. The molecule has 13 aromatic rings. The molecular weight excluding hydrogens is 789 g/mol. The van der Waals surface area contributed by atoms with Crippen LogP contribution in [-0.4, -0.2) is 4.57 Å². The molecular formula is C62H40N2O. The van der Waals surface area contributed by atoms with Crippen LogP contribution in [0.3, 0.4) is 0 Å². The zero-order chi connectivity index (χ0) is 46.3. The maximum atomic E-state index is 9.98. The summed E-state index contributed by atoms with van der Waals surface area (Å²) in [7, 11) is 0. The van der Waals surface area contributed by atoms with Gasteiger partial charge in [-0.1, -0.05) is 164 Å². The van der Waals surface area contributed by atoms with Crippen LogP contribution in [0, 0.1) is 0 Å². The minimum atomic E-state index is -0.155. The third-order valence-electron chi connectivity index (χ3n) is 12.8. The highest BCUT2D eigenvalue weighted by molar-refractivity contribution is 6.20. The van der Waals surface area contributed by atoms with Crippen molar-refractivity contribution in [3.63, 3.8) is 0 Å². The molecule has 13 rings (SSSR count). The number of anilines is 3. The van der Waals surface area contributed by atoms with Gasteiger partial charge in [-0.15, -0.1) is 0 Å². The van der Waals surface area contributed by atoms with Gasteiger partial charge in [-0.2, -0.15) is 0 Å². The zero-order valence-corrected chi connectivity index (χ0v) is 35.1. The minimum absolute atomic E-state index is 0.127. The molecule has 2 heterocycles. The van der Waals surface area contributed by atoms with Crippen molar-refractivity contribution in [3.8, 4) is 39.1 Å². The van der Waals surface area contributed by atoms with Crippen LogP contribution in [-0.2, 0) is 0 Å². The lowest BCUT2D eigenvalue weighted by Gasteiger charge is -2.26. The third-order valence-corrected chi connectivity index (χ3v) is 12.8. The molecule has 11 aromatic carbocycles. The Balaban J connectivity index is 1.01. The van der Waals surface area contributed by atoms with E-state index in [4.69, 9.17) is 4.42 Å². The first kappa shape index (κ1) is 33.0. The van der Waals surface area contributed by atoms with Gasteiger partial charge in [-0.25, -0.2) is 0 Å². The van der Waals surface area contributed by atoms with Crippen LogP contribution in [0.2, 0.25) is 0 Å². The highest BCUT2D eigenvalue weighted by Crippen LogP contribution is 2.46. The first-order valence-electron chi connectivity index (χ1n) is 23.9. The molecule has 0 saturated heterocycles. The van der Waals surface area contributed by atoms with Crippen molar-refractivity contribution < 1.29 is 9.90 Å². The van der Waals surface area contributed by atoms with Crippen molar-refractivity contribution in [1.29, 1.82) is 0 Å². The van der Waals surface area contributed by atoms with Crippen LogP contribution >= 0.6 is 0 Å². The lowest BCUT2D eigenvalue weighted by Crippen LogP contribution is -2.10. The summed E-state index contributed by atoms with van der Waals surface area (Å²) in [6.45, 7) is 0. The third kappa shape index (κ3) is 6.12. The summed E-state index contributed by atoms with van der Waals surface area (Å²) in [5.74, 6) is 0. The molecule has 3 nitrogen and oxygen atoms in total. The number of furan rings is 1. The minimum Gasteiger partial charge on any atom is -0.455 e. The number of hydrogen-bond donors (Lipinski definition) is 0. The van der Waals surface area contributed by atoms with Crippen LogP contribution in [0.1, 0.15) is 5.48 Å². The number of aromatic nitrogens is 1. The van der Waals surface area contributed by atoms with E-state index in [0.29, 0.717) is 22.5 Å². The van der Waals surface area contributed by atoms with E-state index < -0.39 is 0 Å². The molecule has 0 spiro atoms. The van der Waals surface area contributed by atoms with E-state index in [2.05, 4.69) is 138 Å². The van der Waals surface area contributed by atoms with Gasteiger partial charge in [0.25, 0.3) is 0 Å². The maximum absolute atomic E-state index is 9.98. The normalized spacial score (nSPS) is 12.6. The molecule has 304 valence electrons. The van der Waals surface area contributed by atoms with E-state index in [0.717, 1.165) is 76.9 Å². The fourth-order valence-electron chi connectivity index (χ4n) is 9.80. The fraction of sp³-hybridized carbons (Fsp3) is 0. The summed E-state index contributed by atoms with van der Waals surface area (Å²) >= 11 is 0. The smallest absolute Gasteiger partial charge is 0.143 e. The van der Waals surface area contributed by atoms with Gasteiger partial charge in [0.1, 0.15) is 11.2 Å². The van der Waals surface area contributed by atoms with E-state index >= 15 is 0 Å². The predicted molar refractivity (Wildman–Crippen MR) is 274 cm³/mol. The summed E-state index contributed by atoms with van der Waals surface area (Å²) in [5, 5.41) is 7.95. The first-order valence-corrected chi connectivity index (χ1v) is 21.9. The number of hydrogen-bond acceptors (Lipinski definition) is 2. The van der Waals surface area contributed by atoms with Crippen molar-refractivity contribution in [2.45, 2.75) is 0 Å². The second-order valence-corrected chi connectivity index (χ2v) is 16.6. The van der Waals surface area contributed by atoms with Crippen LogP contribution in [0.4, 0.5) is 17.1 Å². The number of benzene rings is 11. The van der Waals surface area contributed by atoms with Gasteiger partial charge in [-0.05, 0) is 128 Å². The Morgan fingerprint density at radius 3 is 1.88 bits per heavy atom. The summed E-state index contributed by atoms with van der Waals surface area (Å²) in [6, 6.07) is 73.5. The van der Waals surface area contributed by atoms with E-state index in [1.807, 2.05) is 89.8 Å². The molecule has 0 N–H and O–H groups in total. The highest BCUT2D eigenvalue weighted by Gasteiger charge is 2.22. The molecule has 2 aromatic heterocycles. The maximum Gasteiger partial charge on any atom is 0.143 e. The fourth-order valence-corrected chi connectivity index (χ4v) is 9.80. The average Bonchev–Trinajstić information content (AvgIpc) is 3.97. The molecule has 65 heavy (non-hydrogen) atoms. The first-order chi connectivity index (χ1) is 33.9. The molecule has 0 aliphatic carbocycles. The molecule has 0 aliphatic rings. The Kier molecular flexibility index (Phi) is 7.61. The van der Waals surface area contributed by atoms with Gasteiger partial charge in [0.15, 0.2) is 0 Å². The van der Waals surface area contributed by atoms with Crippen molar-refractivity contribution in [3.05, 3.63) is 243 Å². The highest BCUT2D eigenvalue weighted by atomic mass is 16.3. The number of fused-ring (bicyclic) bond motifs is 9. The zero-order valence-electron chi connectivity index (χ0n) is 39.1. The van der Waals surface area contributed by atoms with E-state index in [1.54, 1.807) is 0 Å². The quantitative estimate of drug-likeness (QED) is 0.160. The summed E-state index contributed by atoms with van der Waals surface area (Å²) in [4.78, 5) is 1.88. The molecule has 0 unspecified atom stereocenters. The topological polar surface area (TPSA) is 21.3 Å². The number of rotatable bonds is 7. The Morgan fingerprint density at radius 2 is 1.03 bits per heavy atom. The Bertz CT molecular complexity index is 4170.